The van der Waals surface area contributed by atoms with Gasteiger partial charge in [0, 0.05) is 83.7 Å². The minimum Gasteiger partial charge on any atom is -0.537 e. The van der Waals surface area contributed by atoms with Crippen LogP contribution in [0.3, 0.4) is 0 Å². The molecule has 0 aliphatic carbocycles. The van der Waals surface area contributed by atoms with Gasteiger partial charge in [-0.3, -0.25) is 14.5 Å². The van der Waals surface area contributed by atoms with Crippen LogP contribution in [0.15, 0.2) is 352 Å². The molecule has 0 bridgehead atoms. The minimum absolute atomic E-state index is 0.562. The maximum atomic E-state index is 9.15. The SMILES string of the molecule is O[B]Oc1ccc2c(c1)c1ccccc1n2-c1cccc(-c2cc(-c3ccccn3)nc(-c3ccccn3)c2)c1.O[B]Oc1ccc2c(c1)c1ccccc1n2-c1cccc(-c2nc(-c3ccccc3)nc(-c3ccccc3)n2)c1.O[B]Oc1ccc2c(c1)c1ccccc1n2-c1nc(-c2ccccc2)c2ccccc2n1. The Morgan fingerprint density at radius 1 is 0.241 bits per heavy atom. The highest BCUT2D eigenvalue weighted by Gasteiger charge is 2.22. The molecule has 8 heterocycles. The Labute approximate surface area is 644 Å². The molecule has 0 aliphatic heterocycles. The highest BCUT2D eigenvalue weighted by molar-refractivity contribution is 6.19. The zero-order valence-corrected chi connectivity index (χ0v) is 59.7. The third-order valence-electron chi connectivity index (χ3n) is 19.5. The number of rotatable bonds is 16. The van der Waals surface area contributed by atoms with Crippen LogP contribution in [0.1, 0.15) is 0 Å². The molecule has 20 rings (SSSR count). The van der Waals surface area contributed by atoms with Gasteiger partial charge in [-0.05, 0) is 151 Å². The van der Waals surface area contributed by atoms with Gasteiger partial charge in [0.15, 0.2) is 17.5 Å². The zero-order valence-electron chi connectivity index (χ0n) is 59.7. The van der Waals surface area contributed by atoms with Crippen molar-refractivity contribution in [2.24, 2.45) is 0 Å². The van der Waals surface area contributed by atoms with Crippen LogP contribution in [0.5, 0.6) is 17.2 Å². The van der Waals surface area contributed by atoms with E-state index in [-0.39, 0.29) is 0 Å². The van der Waals surface area contributed by atoms with Crippen molar-refractivity contribution in [2.75, 3.05) is 0 Å². The number of hydrogen-bond acceptors (Lipinski definition) is 14. The van der Waals surface area contributed by atoms with E-state index < -0.39 is 0 Å². The molecule has 0 amide bonds. The quantitative estimate of drug-likeness (QED) is 0.0770. The molecule has 529 valence electrons. The van der Waals surface area contributed by atoms with E-state index in [1.807, 2.05) is 237 Å². The lowest BCUT2D eigenvalue weighted by molar-refractivity contribution is 0.453. The molecule has 0 atom stereocenters. The van der Waals surface area contributed by atoms with Crippen molar-refractivity contribution in [1.82, 2.24) is 53.6 Å². The molecule has 0 saturated heterocycles. The van der Waals surface area contributed by atoms with E-state index in [1.54, 1.807) is 12.4 Å². The summed E-state index contributed by atoms with van der Waals surface area (Å²) in [6.07, 6.45) is 3.56. The summed E-state index contributed by atoms with van der Waals surface area (Å²) >= 11 is 0. The summed E-state index contributed by atoms with van der Waals surface area (Å²) in [7, 11) is 2.10. The minimum atomic E-state index is 0.562. The van der Waals surface area contributed by atoms with E-state index in [4.69, 9.17) is 58.9 Å². The van der Waals surface area contributed by atoms with Gasteiger partial charge in [-0.15, -0.1) is 0 Å². The number of para-hydroxylation sites is 4. The molecule has 112 heavy (non-hydrogen) atoms. The smallest absolute Gasteiger partial charge is 0.537 e. The molecule has 8 aromatic heterocycles. The lowest BCUT2D eigenvalue weighted by Gasteiger charge is -2.12. The van der Waals surface area contributed by atoms with Crippen LogP contribution in [0, 0.1) is 0 Å². The molecule has 17 nitrogen and oxygen atoms in total. The highest BCUT2D eigenvalue weighted by atomic mass is 16.5. The van der Waals surface area contributed by atoms with Crippen LogP contribution in [-0.2, 0) is 0 Å². The van der Waals surface area contributed by atoms with Crippen molar-refractivity contribution in [3.8, 4) is 114 Å². The maximum absolute atomic E-state index is 9.15. The highest BCUT2D eigenvalue weighted by Crippen LogP contribution is 2.41. The van der Waals surface area contributed by atoms with Crippen LogP contribution in [0.2, 0.25) is 0 Å². The van der Waals surface area contributed by atoms with Gasteiger partial charge in [0.2, 0.25) is 5.95 Å². The Morgan fingerprint density at radius 2 is 0.616 bits per heavy atom. The topological polar surface area (TPSA) is 206 Å². The fourth-order valence-corrected chi connectivity index (χ4v) is 14.5. The lowest BCUT2D eigenvalue weighted by atomic mass is 10.0. The predicted molar refractivity (Wildman–Crippen MR) is 446 cm³/mol. The number of hydrogen-bond donors (Lipinski definition) is 3. The van der Waals surface area contributed by atoms with Gasteiger partial charge in [0.1, 0.15) is 17.2 Å². The summed E-state index contributed by atoms with van der Waals surface area (Å²) in [6.45, 7) is 0. The largest absolute Gasteiger partial charge is 0.569 e. The Bertz CT molecular complexity index is 6440. The molecule has 20 heteroatoms. The van der Waals surface area contributed by atoms with E-state index in [9.17, 15) is 0 Å². The number of pyridine rings is 3. The van der Waals surface area contributed by atoms with Crippen LogP contribution < -0.4 is 14.0 Å². The molecule has 0 saturated carbocycles. The summed E-state index contributed by atoms with van der Waals surface area (Å²) < 4.78 is 22.3. The number of aromatic nitrogens is 11. The van der Waals surface area contributed by atoms with Gasteiger partial charge < -0.3 is 38.2 Å². The molecule has 0 spiro atoms. The molecular weight excluding hydrogens is 1390 g/mol. The van der Waals surface area contributed by atoms with Crippen molar-refractivity contribution < 1.29 is 29.0 Å². The molecular formula is C92H61B3N11O6. The zero-order chi connectivity index (χ0) is 75.3. The van der Waals surface area contributed by atoms with Gasteiger partial charge in [0.25, 0.3) is 0 Å². The van der Waals surface area contributed by atoms with E-state index in [0.717, 1.165) is 150 Å². The summed E-state index contributed by atoms with van der Waals surface area (Å²) in [5, 5.41) is 34.7. The van der Waals surface area contributed by atoms with Gasteiger partial charge in [-0.1, -0.05) is 200 Å². The van der Waals surface area contributed by atoms with Crippen LogP contribution >= 0.6 is 0 Å². The molecule has 20 aromatic rings. The van der Waals surface area contributed by atoms with Crippen molar-refractivity contribution >= 4 is 99.4 Å². The van der Waals surface area contributed by atoms with Gasteiger partial charge in [-0.25, -0.2) is 29.9 Å². The van der Waals surface area contributed by atoms with Crippen LogP contribution in [0.4, 0.5) is 0 Å². The van der Waals surface area contributed by atoms with Crippen LogP contribution in [0.25, 0.3) is 173 Å². The molecule has 12 aromatic carbocycles. The summed E-state index contributed by atoms with van der Waals surface area (Å²) in [6, 6.07) is 113. The molecule has 0 aliphatic rings. The average Bonchev–Trinajstić information content (AvgIpc) is 1.60. The second-order valence-electron chi connectivity index (χ2n) is 26.2. The Kier molecular flexibility index (Phi) is 19.1. The second kappa shape index (κ2) is 30.9. The van der Waals surface area contributed by atoms with Gasteiger partial charge in [0.05, 0.1) is 67.1 Å². The Hall–Kier alpha value is -14.7. The third kappa shape index (κ3) is 13.6. The van der Waals surface area contributed by atoms with Crippen molar-refractivity contribution in [3.05, 3.63) is 352 Å². The number of benzene rings is 12. The third-order valence-corrected chi connectivity index (χ3v) is 19.5. The summed E-state index contributed by atoms with van der Waals surface area (Å²) in [5.41, 5.74) is 19.0. The molecule has 3 radical (unpaired) electrons. The van der Waals surface area contributed by atoms with E-state index in [1.165, 1.54) is 0 Å². The summed E-state index contributed by atoms with van der Waals surface area (Å²) in [4.78, 5) is 38.6. The van der Waals surface area contributed by atoms with E-state index in [0.29, 0.717) is 63.7 Å². The fraction of sp³-hybridized carbons (Fsp3) is 0. The first kappa shape index (κ1) is 69.1. The van der Waals surface area contributed by atoms with Crippen molar-refractivity contribution in [3.63, 3.8) is 0 Å². The monoisotopic (exact) mass is 1450 g/mol. The van der Waals surface area contributed by atoms with E-state index >= 15 is 0 Å². The predicted octanol–water partition coefficient (Wildman–Crippen LogP) is 19.0. The summed E-state index contributed by atoms with van der Waals surface area (Å²) in [5.74, 6) is 4.17. The first-order chi connectivity index (χ1) is 55.4. The lowest BCUT2D eigenvalue weighted by Crippen LogP contribution is -2.03. The normalized spacial score (nSPS) is 11.2. The Morgan fingerprint density at radius 3 is 1.08 bits per heavy atom. The molecule has 3 N–H and O–H groups in total. The number of nitrogens with zero attached hydrogens (tertiary/aromatic N) is 11. The van der Waals surface area contributed by atoms with Gasteiger partial charge in [-0.2, -0.15) is 0 Å². The van der Waals surface area contributed by atoms with Crippen molar-refractivity contribution in [1.29, 1.82) is 0 Å². The number of fused-ring (bicyclic) bond motifs is 10. The molecule has 0 unspecified atom stereocenters. The first-order valence-electron chi connectivity index (χ1n) is 36.1. The van der Waals surface area contributed by atoms with Gasteiger partial charge >= 0.3 is 23.1 Å². The fourth-order valence-electron chi connectivity index (χ4n) is 14.5. The second-order valence-corrected chi connectivity index (χ2v) is 26.2. The van der Waals surface area contributed by atoms with Crippen molar-refractivity contribution in [2.45, 2.75) is 0 Å². The standard InChI is InChI=1S/2C33H22BN4O2.C26H17BN3O2/c39-34-40-26-18-19-30-28(21-26)27-16-7-8-17-29(27)38(30)25-15-9-14-24(20-25)33-36-31(22-10-3-1-4-11-22)35-32(37-33)23-12-5-2-6-13-23;39-34-40-25-14-15-33-27(21-25)26-10-1-2-13-32(26)38(33)24-9-7-8-22(18-24)23-19-30(28-11-3-5-16-35-28)37-31(20-23)29-12-4-6-17-36-29;31-27-32-18-14-15-24-21(16-18)19-10-5-7-13-23(19)30(24)26-28-22-12-6-4-11-20(22)25(29-26)17-8-2-1-3-9-17/h2*1-21,39H;1-16,31H. The Balaban J connectivity index is 0.000000118. The van der Waals surface area contributed by atoms with Crippen LogP contribution in [-0.4, -0.2) is 91.7 Å². The molecule has 0 fully saturated rings. The van der Waals surface area contributed by atoms with E-state index in [2.05, 4.69) is 127 Å². The first-order valence-corrected chi connectivity index (χ1v) is 36.1. The maximum Gasteiger partial charge on any atom is 0.569 e. The average molecular weight is 1450 g/mol.